The molecule has 1 N–H and O–H groups in total. The number of carbonyl (C=O) groups is 1. The predicted octanol–water partition coefficient (Wildman–Crippen LogP) is 3.84. The molecule has 3 aromatic rings. The summed E-state index contributed by atoms with van der Waals surface area (Å²) in [5.41, 5.74) is -0.0964. The highest BCUT2D eigenvalue weighted by molar-refractivity contribution is 5.79. The molecule has 1 unspecified atom stereocenters. The first-order valence-electron chi connectivity index (χ1n) is 8.34. The predicted molar refractivity (Wildman–Crippen MR) is 97.9 cm³/mol. The van der Waals surface area contributed by atoms with Gasteiger partial charge in [0.2, 0.25) is 11.2 Å². The zero-order chi connectivity index (χ0) is 19.4. The van der Waals surface area contributed by atoms with Crippen molar-refractivity contribution in [2.75, 3.05) is 6.61 Å². The summed E-state index contributed by atoms with van der Waals surface area (Å²) in [5.74, 6) is 0.138. The normalized spacial score (nSPS) is 11.8. The Balaban J connectivity index is 1.92. The third kappa shape index (κ3) is 4.03. The quantitative estimate of drug-likeness (QED) is 0.675. The van der Waals surface area contributed by atoms with Gasteiger partial charge in [-0.3, -0.25) is 4.79 Å². The van der Waals surface area contributed by atoms with Gasteiger partial charge in [0.15, 0.2) is 17.6 Å². The zero-order valence-electron chi connectivity index (χ0n) is 14.8. The molecular weight excluding hydrogens is 352 g/mol. The number of carboxylic acids is 1. The standard InChI is InChI=1S/C20H18O7/c1-3-24-15-6-4-5-7-16(15)27-18-11-25-17-10-13(26-12(2)20(22)23)8-9-14(17)19(18)21/h4-12H,3H2,1-2H3,(H,22,23). The van der Waals surface area contributed by atoms with Gasteiger partial charge in [0.05, 0.1) is 12.0 Å². The van der Waals surface area contributed by atoms with E-state index in [1.165, 1.54) is 31.4 Å². The molecule has 0 aliphatic carbocycles. The van der Waals surface area contributed by atoms with Crippen molar-refractivity contribution in [2.24, 2.45) is 0 Å². The Morgan fingerprint density at radius 3 is 2.59 bits per heavy atom. The smallest absolute Gasteiger partial charge is 0.344 e. The van der Waals surface area contributed by atoms with E-state index in [0.717, 1.165) is 0 Å². The van der Waals surface area contributed by atoms with Crippen LogP contribution < -0.4 is 19.6 Å². The number of hydrogen-bond donors (Lipinski definition) is 1. The minimum Gasteiger partial charge on any atom is -0.490 e. The van der Waals surface area contributed by atoms with E-state index in [0.29, 0.717) is 18.1 Å². The fraction of sp³-hybridized carbons (Fsp3) is 0.200. The highest BCUT2D eigenvalue weighted by Gasteiger charge is 2.15. The number of carboxylic acid groups (broad SMARTS) is 1. The molecule has 0 radical (unpaired) electrons. The van der Waals surface area contributed by atoms with Crippen LogP contribution in [0.25, 0.3) is 11.0 Å². The van der Waals surface area contributed by atoms with Gasteiger partial charge in [0, 0.05) is 6.07 Å². The lowest BCUT2D eigenvalue weighted by Crippen LogP contribution is -2.22. The molecule has 0 saturated heterocycles. The van der Waals surface area contributed by atoms with Gasteiger partial charge in [-0.25, -0.2) is 4.79 Å². The van der Waals surface area contributed by atoms with E-state index in [4.69, 9.17) is 23.7 Å². The van der Waals surface area contributed by atoms with Crippen molar-refractivity contribution < 1.29 is 28.5 Å². The van der Waals surface area contributed by atoms with Crippen molar-refractivity contribution >= 4 is 16.9 Å². The van der Waals surface area contributed by atoms with Gasteiger partial charge >= 0.3 is 5.97 Å². The molecule has 2 aromatic carbocycles. The van der Waals surface area contributed by atoms with Gasteiger partial charge in [0.25, 0.3) is 0 Å². The van der Waals surface area contributed by atoms with Crippen LogP contribution in [0.5, 0.6) is 23.0 Å². The van der Waals surface area contributed by atoms with Crippen molar-refractivity contribution in [3.05, 3.63) is 59.0 Å². The molecule has 0 fully saturated rings. The van der Waals surface area contributed by atoms with Gasteiger partial charge < -0.3 is 23.7 Å². The molecule has 0 aliphatic heterocycles. The highest BCUT2D eigenvalue weighted by Crippen LogP contribution is 2.31. The van der Waals surface area contributed by atoms with Crippen molar-refractivity contribution in [2.45, 2.75) is 20.0 Å². The first-order valence-corrected chi connectivity index (χ1v) is 8.34. The van der Waals surface area contributed by atoms with Gasteiger partial charge in [-0.05, 0) is 38.1 Å². The van der Waals surface area contributed by atoms with E-state index >= 15 is 0 Å². The Bertz CT molecular complexity index is 1020. The minimum absolute atomic E-state index is 0.0159. The van der Waals surface area contributed by atoms with Crippen molar-refractivity contribution in [1.29, 1.82) is 0 Å². The van der Waals surface area contributed by atoms with Crippen LogP contribution in [0.4, 0.5) is 0 Å². The molecule has 140 valence electrons. The lowest BCUT2D eigenvalue weighted by atomic mass is 10.2. The summed E-state index contributed by atoms with van der Waals surface area (Å²) in [5, 5.41) is 9.20. The van der Waals surface area contributed by atoms with E-state index in [1.807, 2.05) is 6.92 Å². The molecule has 0 amide bonds. The third-order valence-corrected chi connectivity index (χ3v) is 3.74. The zero-order valence-corrected chi connectivity index (χ0v) is 14.8. The van der Waals surface area contributed by atoms with E-state index in [9.17, 15) is 9.59 Å². The Labute approximate surface area is 154 Å². The van der Waals surface area contributed by atoms with Crippen LogP contribution in [0.3, 0.4) is 0 Å². The SMILES string of the molecule is CCOc1ccccc1Oc1coc2cc(OC(C)C(=O)O)ccc2c1=O. The van der Waals surface area contributed by atoms with E-state index in [-0.39, 0.29) is 27.9 Å². The summed E-state index contributed by atoms with van der Waals surface area (Å²) in [6.07, 6.45) is 0.185. The largest absolute Gasteiger partial charge is 0.490 e. The first kappa shape index (κ1) is 18.3. The molecule has 0 aliphatic rings. The Morgan fingerprint density at radius 2 is 1.89 bits per heavy atom. The molecule has 0 bridgehead atoms. The molecule has 1 aromatic heterocycles. The molecule has 3 rings (SSSR count). The second-order valence-corrected chi connectivity index (χ2v) is 5.67. The average Bonchev–Trinajstić information content (AvgIpc) is 2.65. The molecular formula is C20H18O7. The summed E-state index contributed by atoms with van der Waals surface area (Å²) >= 11 is 0. The molecule has 7 nitrogen and oxygen atoms in total. The average molecular weight is 370 g/mol. The monoisotopic (exact) mass is 370 g/mol. The van der Waals surface area contributed by atoms with Crippen molar-refractivity contribution in [3.8, 4) is 23.0 Å². The number of benzene rings is 2. The van der Waals surface area contributed by atoms with Crippen molar-refractivity contribution in [1.82, 2.24) is 0 Å². The number of ether oxygens (including phenoxy) is 3. The molecule has 1 atom stereocenters. The summed E-state index contributed by atoms with van der Waals surface area (Å²) in [7, 11) is 0. The number of hydrogen-bond acceptors (Lipinski definition) is 6. The fourth-order valence-corrected chi connectivity index (χ4v) is 2.42. The second-order valence-electron chi connectivity index (χ2n) is 5.67. The number of para-hydroxylation sites is 2. The summed E-state index contributed by atoms with van der Waals surface area (Å²) in [6.45, 7) is 3.73. The summed E-state index contributed by atoms with van der Waals surface area (Å²) in [6, 6.07) is 11.5. The fourth-order valence-electron chi connectivity index (χ4n) is 2.42. The number of fused-ring (bicyclic) bond motifs is 1. The van der Waals surface area contributed by atoms with E-state index < -0.39 is 12.1 Å². The van der Waals surface area contributed by atoms with Gasteiger partial charge in [-0.2, -0.15) is 0 Å². The van der Waals surface area contributed by atoms with Crippen LogP contribution in [0.2, 0.25) is 0 Å². The van der Waals surface area contributed by atoms with E-state index in [2.05, 4.69) is 0 Å². The van der Waals surface area contributed by atoms with Crippen molar-refractivity contribution in [3.63, 3.8) is 0 Å². The maximum Gasteiger partial charge on any atom is 0.344 e. The van der Waals surface area contributed by atoms with Crippen LogP contribution in [-0.2, 0) is 4.79 Å². The number of rotatable bonds is 7. The highest BCUT2D eigenvalue weighted by atomic mass is 16.5. The van der Waals surface area contributed by atoms with Crippen LogP contribution in [0.15, 0.2) is 57.9 Å². The Hall–Kier alpha value is -3.48. The topological polar surface area (TPSA) is 95.2 Å². The van der Waals surface area contributed by atoms with Gasteiger partial charge in [-0.15, -0.1) is 0 Å². The van der Waals surface area contributed by atoms with Gasteiger partial charge in [-0.1, -0.05) is 12.1 Å². The lowest BCUT2D eigenvalue weighted by molar-refractivity contribution is -0.144. The maximum atomic E-state index is 12.7. The maximum absolute atomic E-state index is 12.7. The first-order chi connectivity index (χ1) is 13.0. The Morgan fingerprint density at radius 1 is 1.15 bits per heavy atom. The van der Waals surface area contributed by atoms with Crippen LogP contribution in [0, 0.1) is 0 Å². The summed E-state index contributed by atoms with van der Waals surface area (Å²) < 4.78 is 21.9. The second kappa shape index (κ2) is 7.82. The molecule has 0 saturated carbocycles. The molecule has 1 heterocycles. The van der Waals surface area contributed by atoms with Crippen LogP contribution in [-0.4, -0.2) is 23.8 Å². The Kier molecular flexibility index (Phi) is 5.30. The van der Waals surface area contributed by atoms with Gasteiger partial charge in [0.1, 0.15) is 17.6 Å². The van der Waals surface area contributed by atoms with Crippen LogP contribution >= 0.6 is 0 Å². The van der Waals surface area contributed by atoms with E-state index in [1.54, 1.807) is 24.3 Å². The lowest BCUT2D eigenvalue weighted by Gasteiger charge is -2.12. The van der Waals surface area contributed by atoms with Crippen LogP contribution in [0.1, 0.15) is 13.8 Å². The number of aliphatic carboxylic acids is 1. The minimum atomic E-state index is -1.09. The molecule has 27 heavy (non-hydrogen) atoms. The molecule has 7 heteroatoms. The molecule has 0 spiro atoms. The summed E-state index contributed by atoms with van der Waals surface area (Å²) in [4.78, 5) is 23.6. The third-order valence-electron chi connectivity index (χ3n) is 3.74.